The van der Waals surface area contributed by atoms with E-state index < -0.39 is 0 Å². The Kier molecular flexibility index (Phi) is 10.6. The zero-order valence-electron chi connectivity index (χ0n) is 21.6. The second-order valence-electron chi connectivity index (χ2n) is 9.78. The first kappa shape index (κ1) is 26.8. The molecule has 0 atom stereocenters. The van der Waals surface area contributed by atoms with Crippen molar-refractivity contribution in [2.24, 2.45) is 0 Å². The first-order valence-corrected chi connectivity index (χ1v) is 13.3. The summed E-state index contributed by atoms with van der Waals surface area (Å²) in [4.78, 5) is 27.9. The van der Waals surface area contributed by atoms with Gasteiger partial charge in [0.25, 0.3) is 5.91 Å². The molecule has 1 aliphatic heterocycles. The molecule has 35 heavy (non-hydrogen) atoms. The van der Waals surface area contributed by atoms with Crippen molar-refractivity contribution in [3.8, 4) is 5.75 Å². The van der Waals surface area contributed by atoms with Crippen molar-refractivity contribution in [3.05, 3.63) is 65.7 Å². The number of nitrogens with one attached hydrogen (secondary N) is 1. The standard InChI is InChI=1S/C30H42N2O3/c1-3-4-5-6-7-8-12-19-28(33)32-22-20-30(21-23-32,25-15-10-9-11-16-25)24-31-29(34)26-17-13-14-18-27(26)35-2/h9-11,13-18H,3-8,12,19-24H2,1-2H3,(H,31,34). The Morgan fingerprint density at radius 1 is 0.886 bits per heavy atom. The van der Waals surface area contributed by atoms with Gasteiger partial charge in [0.2, 0.25) is 5.91 Å². The van der Waals surface area contributed by atoms with Gasteiger partial charge in [-0.05, 0) is 37.0 Å². The second-order valence-corrected chi connectivity index (χ2v) is 9.78. The molecule has 190 valence electrons. The Balaban J connectivity index is 1.56. The molecule has 5 heteroatoms. The topological polar surface area (TPSA) is 58.6 Å². The number of likely N-dealkylation sites (tertiary alicyclic amines) is 1. The molecule has 0 aromatic heterocycles. The average molecular weight is 479 g/mol. The lowest BCUT2D eigenvalue weighted by Gasteiger charge is -2.42. The van der Waals surface area contributed by atoms with Gasteiger partial charge in [0.05, 0.1) is 12.7 Å². The highest BCUT2D eigenvalue weighted by Crippen LogP contribution is 2.35. The van der Waals surface area contributed by atoms with Crippen LogP contribution in [0.4, 0.5) is 0 Å². The van der Waals surface area contributed by atoms with Crippen LogP contribution in [0.2, 0.25) is 0 Å². The van der Waals surface area contributed by atoms with Crippen LogP contribution in [0.3, 0.4) is 0 Å². The van der Waals surface area contributed by atoms with Gasteiger partial charge in [-0.2, -0.15) is 0 Å². The molecular formula is C30H42N2O3. The summed E-state index contributed by atoms with van der Waals surface area (Å²) in [5.41, 5.74) is 1.58. The smallest absolute Gasteiger partial charge is 0.255 e. The molecule has 0 radical (unpaired) electrons. The van der Waals surface area contributed by atoms with E-state index in [2.05, 4.69) is 36.5 Å². The van der Waals surface area contributed by atoms with Gasteiger partial charge >= 0.3 is 0 Å². The molecule has 2 aromatic carbocycles. The van der Waals surface area contributed by atoms with Crippen LogP contribution in [-0.2, 0) is 10.2 Å². The zero-order chi connectivity index (χ0) is 24.9. The number of nitrogens with zero attached hydrogens (tertiary/aromatic N) is 1. The van der Waals surface area contributed by atoms with Crippen molar-refractivity contribution in [2.75, 3.05) is 26.7 Å². The molecule has 0 unspecified atom stereocenters. The molecular weight excluding hydrogens is 436 g/mol. The second kappa shape index (κ2) is 13.9. The van der Waals surface area contributed by atoms with Crippen molar-refractivity contribution < 1.29 is 14.3 Å². The normalized spacial score (nSPS) is 15.0. The van der Waals surface area contributed by atoms with Crippen LogP contribution in [0, 0.1) is 0 Å². The maximum atomic E-state index is 13.0. The van der Waals surface area contributed by atoms with Gasteiger partial charge in [0.15, 0.2) is 0 Å². The molecule has 2 amide bonds. The van der Waals surface area contributed by atoms with E-state index in [9.17, 15) is 9.59 Å². The van der Waals surface area contributed by atoms with Crippen LogP contribution >= 0.6 is 0 Å². The van der Waals surface area contributed by atoms with Gasteiger partial charge in [-0.1, -0.05) is 87.9 Å². The Morgan fingerprint density at radius 2 is 1.51 bits per heavy atom. The van der Waals surface area contributed by atoms with Gasteiger partial charge in [-0.15, -0.1) is 0 Å². The number of benzene rings is 2. The largest absolute Gasteiger partial charge is 0.496 e. The predicted octanol–water partition coefficient (Wildman–Crippen LogP) is 6.13. The third-order valence-corrected chi connectivity index (χ3v) is 7.39. The van der Waals surface area contributed by atoms with E-state index in [0.717, 1.165) is 38.8 Å². The number of carbonyl (C=O) groups excluding carboxylic acids is 2. The van der Waals surface area contributed by atoms with Gasteiger partial charge < -0.3 is 15.0 Å². The van der Waals surface area contributed by atoms with E-state index in [1.165, 1.54) is 37.7 Å². The summed E-state index contributed by atoms with van der Waals surface area (Å²) >= 11 is 0. The van der Waals surface area contributed by atoms with E-state index in [-0.39, 0.29) is 17.2 Å². The predicted molar refractivity (Wildman–Crippen MR) is 142 cm³/mol. The molecule has 1 aliphatic rings. The summed E-state index contributed by atoms with van der Waals surface area (Å²) in [6.07, 6.45) is 10.9. The number of piperidine rings is 1. The van der Waals surface area contributed by atoms with E-state index in [4.69, 9.17) is 4.74 Å². The number of amides is 2. The van der Waals surface area contributed by atoms with Crippen molar-refractivity contribution in [1.82, 2.24) is 10.2 Å². The Hall–Kier alpha value is -2.82. The number of carbonyl (C=O) groups is 2. The number of hydrogen-bond acceptors (Lipinski definition) is 3. The number of para-hydroxylation sites is 1. The summed E-state index contributed by atoms with van der Waals surface area (Å²) in [6.45, 7) is 4.23. The van der Waals surface area contributed by atoms with Crippen LogP contribution in [0.1, 0.15) is 87.1 Å². The minimum atomic E-state index is -0.186. The highest BCUT2D eigenvalue weighted by molar-refractivity contribution is 5.97. The summed E-state index contributed by atoms with van der Waals surface area (Å²) in [5.74, 6) is 0.720. The molecule has 2 aromatic rings. The first-order chi connectivity index (χ1) is 17.1. The lowest BCUT2D eigenvalue weighted by molar-refractivity contribution is -0.133. The summed E-state index contributed by atoms with van der Waals surface area (Å²) in [5, 5.41) is 3.17. The minimum absolute atomic E-state index is 0.129. The van der Waals surface area contributed by atoms with Gasteiger partial charge in [0.1, 0.15) is 5.75 Å². The van der Waals surface area contributed by atoms with Crippen LogP contribution in [0.15, 0.2) is 54.6 Å². The summed E-state index contributed by atoms with van der Waals surface area (Å²) < 4.78 is 5.37. The van der Waals surface area contributed by atoms with Crippen molar-refractivity contribution >= 4 is 11.8 Å². The number of ether oxygens (including phenoxy) is 1. The van der Waals surface area contributed by atoms with E-state index >= 15 is 0 Å². The number of hydrogen-bond donors (Lipinski definition) is 1. The molecule has 1 fully saturated rings. The van der Waals surface area contributed by atoms with E-state index in [1.807, 2.05) is 23.1 Å². The third-order valence-electron chi connectivity index (χ3n) is 7.39. The first-order valence-electron chi connectivity index (χ1n) is 13.3. The molecule has 1 N–H and O–H groups in total. The zero-order valence-corrected chi connectivity index (χ0v) is 21.6. The van der Waals surface area contributed by atoms with E-state index in [0.29, 0.717) is 24.3 Å². The van der Waals surface area contributed by atoms with Crippen LogP contribution < -0.4 is 10.1 Å². The fourth-order valence-corrected chi connectivity index (χ4v) is 5.11. The maximum absolute atomic E-state index is 13.0. The molecule has 0 bridgehead atoms. The quantitative estimate of drug-likeness (QED) is 0.353. The highest BCUT2D eigenvalue weighted by Gasteiger charge is 2.37. The lowest BCUT2D eigenvalue weighted by Crippen LogP contribution is -2.50. The Labute approximate surface area is 211 Å². The lowest BCUT2D eigenvalue weighted by atomic mass is 9.72. The molecule has 0 aliphatic carbocycles. The third kappa shape index (κ3) is 7.58. The number of methoxy groups -OCH3 is 1. The Bertz CT molecular complexity index is 920. The number of unbranched alkanes of at least 4 members (excludes halogenated alkanes) is 6. The summed E-state index contributed by atoms with van der Waals surface area (Å²) in [6, 6.07) is 17.7. The fourth-order valence-electron chi connectivity index (χ4n) is 5.11. The van der Waals surface area contributed by atoms with Crippen molar-refractivity contribution in [1.29, 1.82) is 0 Å². The average Bonchev–Trinajstić information content (AvgIpc) is 2.91. The van der Waals surface area contributed by atoms with Gasteiger partial charge in [-0.3, -0.25) is 9.59 Å². The SMILES string of the molecule is CCCCCCCCCC(=O)N1CCC(CNC(=O)c2ccccc2OC)(c2ccccc2)CC1. The van der Waals surface area contributed by atoms with E-state index in [1.54, 1.807) is 19.2 Å². The molecule has 1 heterocycles. The molecule has 3 rings (SSSR count). The number of rotatable bonds is 13. The molecule has 5 nitrogen and oxygen atoms in total. The molecule has 0 saturated carbocycles. The van der Waals surface area contributed by atoms with Crippen LogP contribution in [0.5, 0.6) is 5.75 Å². The van der Waals surface area contributed by atoms with Gasteiger partial charge in [-0.25, -0.2) is 0 Å². The van der Waals surface area contributed by atoms with Gasteiger partial charge in [0, 0.05) is 31.5 Å². The monoisotopic (exact) mass is 478 g/mol. The highest BCUT2D eigenvalue weighted by atomic mass is 16.5. The van der Waals surface area contributed by atoms with Crippen LogP contribution in [0.25, 0.3) is 0 Å². The minimum Gasteiger partial charge on any atom is -0.496 e. The molecule has 1 saturated heterocycles. The maximum Gasteiger partial charge on any atom is 0.255 e. The summed E-state index contributed by atoms with van der Waals surface area (Å²) in [7, 11) is 1.58. The van der Waals surface area contributed by atoms with Crippen molar-refractivity contribution in [2.45, 2.75) is 76.5 Å². The Morgan fingerprint density at radius 3 is 2.20 bits per heavy atom. The fraction of sp³-hybridized carbons (Fsp3) is 0.533. The van der Waals surface area contributed by atoms with Crippen molar-refractivity contribution in [3.63, 3.8) is 0 Å². The molecule has 0 spiro atoms. The van der Waals surface area contributed by atoms with Crippen LogP contribution in [-0.4, -0.2) is 43.5 Å².